The van der Waals surface area contributed by atoms with Crippen molar-refractivity contribution >= 4 is 11.8 Å². The van der Waals surface area contributed by atoms with E-state index < -0.39 is 0 Å². The lowest BCUT2D eigenvalue weighted by atomic mass is 9.80. The zero-order valence-corrected chi connectivity index (χ0v) is 17.5. The fourth-order valence-corrected chi connectivity index (χ4v) is 5.00. The van der Waals surface area contributed by atoms with Crippen LogP contribution in [0.1, 0.15) is 50.5 Å². The molecule has 4 rings (SSSR count). The van der Waals surface area contributed by atoms with E-state index in [2.05, 4.69) is 37.6 Å². The Morgan fingerprint density at radius 1 is 1.00 bits per heavy atom. The molecule has 0 unspecified atom stereocenters. The highest BCUT2D eigenvalue weighted by Crippen LogP contribution is 2.33. The molecule has 1 saturated carbocycles. The summed E-state index contributed by atoms with van der Waals surface area (Å²) < 4.78 is 5.54. The predicted octanol–water partition coefficient (Wildman–Crippen LogP) is 2.52. The highest BCUT2D eigenvalue weighted by Gasteiger charge is 2.38. The number of pyridine rings is 1. The van der Waals surface area contributed by atoms with Gasteiger partial charge in [0.2, 0.25) is 0 Å². The molecule has 2 aliphatic heterocycles. The average Bonchev–Trinajstić information content (AvgIpc) is 3.33. The lowest BCUT2D eigenvalue weighted by Crippen LogP contribution is -2.60. The maximum absolute atomic E-state index is 12.5. The smallest absolute Gasteiger partial charge is 0.315 e. The Labute approximate surface area is 174 Å². The van der Waals surface area contributed by atoms with Gasteiger partial charge in [-0.25, -0.2) is 9.78 Å². The molecular weight excluding hydrogens is 366 g/mol. The zero-order valence-electron chi connectivity index (χ0n) is 17.5. The molecule has 1 aromatic heterocycles. The van der Waals surface area contributed by atoms with E-state index in [0.29, 0.717) is 13.1 Å². The summed E-state index contributed by atoms with van der Waals surface area (Å²) in [5.41, 5.74) is 1.13. The van der Waals surface area contributed by atoms with Crippen LogP contribution < -0.4 is 15.5 Å². The topological polar surface area (TPSA) is 69.7 Å². The highest BCUT2D eigenvalue weighted by molar-refractivity contribution is 5.73. The van der Waals surface area contributed by atoms with Crippen LogP contribution in [-0.2, 0) is 11.3 Å². The van der Waals surface area contributed by atoms with Gasteiger partial charge in [0.25, 0.3) is 0 Å². The zero-order chi connectivity index (χ0) is 19.9. The molecule has 1 aromatic rings. The molecular formula is C22H35N5O2. The fourth-order valence-electron chi connectivity index (χ4n) is 5.00. The number of nitrogens with one attached hydrogen (secondary N) is 2. The maximum atomic E-state index is 12.5. The molecule has 0 bridgehead atoms. The van der Waals surface area contributed by atoms with Crippen LogP contribution in [0.4, 0.5) is 10.6 Å². The van der Waals surface area contributed by atoms with Crippen molar-refractivity contribution in [3.63, 3.8) is 0 Å². The summed E-state index contributed by atoms with van der Waals surface area (Å²) in [7, 11) is 0. The third kappa shape index (κ3) is 5.20. The molecule has 1 aliphatic carbocycles. The van der Waals surface area contributed by atoms with Gasteiger partial charge < -0.3 is 20.3 Å². The normalized spacial score (nSPS) is 22.4. The first-order chi connectivity index (χ1) is 14.3. The van der Waals surface area contributed by atoms with Crippen LogP contribution in [-0.4, -0.2) is 67.4 Å². The second-order valence-corrected chi connectivity index (χ2v) is 8.64. The highest BCUT2D eigenvalue weighted by atomic mass is 16.5. The molecule has 160 valence electrons. The van der Waals surface area contributed by atoms with E-state index >= 15 is 0 Å². The fraction of sp³-hybridized carbons (Fsp3) is 0.727. The lowest BCUT2D eigenvalue weighted by Gasteiger charge is -2.48. The maximum Gasteiger partial charge on any atom is 0.315 e. The number of ether oxygens (including phenoxy) is 1. The number of carbonyl (C=O) groups is 1. The van der Waals surface area contributed by atoms with Crippen molar-refractivity contribution < 1.29 is 9.53 Å². The van der Waals surface area contributed by atoms with Crippen molar-refractivity contribution in [3.8, 4) is 0 Å². The van der Waals surface area contributed by atoms with Gasteiger partial charge in [-0.3, -0.25) is 4.90 Å². The number of nitrogens with zero attached hydrogens (tertiary/aromatic N) is 3. The minimum absolute atomic E-state index is 0.0909. The molecule has 2 amide bonds. The largest absolute Gasteiger partial charge is 0.379 e. The van der Waals surface area contributed by atoms with Gasteiger partial charge in [0, 0.05) is 51.0 Å². The summed E-state index contributed by atoms with van der Waals surface area (Å²) in [6, 6.07) is 4.04. The van der Waals surface area contributed by atoms with Gasteiger partial charge in [0.05, 0.1) is 13.2 Å². The van der Waals surface area contributed by atoms with Crippen molar-refractivity contribution in [2.45, 2.75) is 57.0 Å². The number of amides is 2. The third-order valence-electron chi connectivity index (χ3n) is 6.74. The number of urea groups is 1. The minimum atomic E-state index is -0.0909. The first-order valence-electron chi connectivity index (χ1n) is 11.3. The van der Waals surface area contributed by atoms with Crippen molar-refractivity contribution in [2.75, 3.05) is 50.8 Å². The number of carbonyl (C=O) groups excluding carboxylic acids is 1. The van der Waals surface area contributed by atoms with Gasteiger partial charge in [0.1, 0.15) is 5.82 Å². The van der Waals surface area contributed by atoms with Gasteiger partial charge in [0.15, 0.2) is 0 Å². The molecule has 0 atom stereocenters. The van der Waals surface area contributed by atoms with E-state index in [1.165, 1.54) is 32.1 Å². The summed E-state index contributed by atoms with van der Waals surface area (Å²) in [5.74, 6) is 1.04. The Morgan fingerprint density at radius 2 is 1.76 bits per heavy atom. The first-order valence-corrected chi connectivity index (χ1v) is 11.3. The Morgan fingerprint density at radius 3 is 2.45 bits per heavy atom. The number of anilines is 1. The van der Waals surface area contributed by atoms with Crippen LogP contribution in [0, 0.1) is 0 Å². The molecule has 0 aromatic carbocycles. The van der Waals surface area contributed by atoms with Gasteiger partial charge in [-0.2, -0.15) is 0 Å². The Bertz CT molecular complexity index is 648. The van der Waals surface area contributed by atoms with E-state index in [-0.39, 0.29) is 11.6 Å². The van der Waals surface area contributed by atoms with Crippen LogP contribution in [0.25, 0.3) is 0 Å². The van der Waals surface area contributed by atoms with E-state index in [4.69, 9.17) is 4.74 Å². The van der Waals surface area contributed by atoms with E-state index in [1.54, 1.807) is 0 Å². The van der Waals surface area contributed by atoms with Crippen LogP contribution in [0.5, 0.6) is 0 Å². The molecule has 0 radical (unpaired) electrons. The average molecular weight is 402 g/mol. The molecule has 29 heavy (non-hydrogen) atoms. The quantitative estimate of drug-likeness (QED) is 0.767. The van der Waals surface area contributed by atoms with Gasteiger partial charge in [-0.1, -0.05) is 25.3 Å². The second-order valence-electron chi connectivity index (χ2n) is 8.64. The van der Waals surface area contributed by atoms with Crippen LogP contribution in [0.3, 0.4) is 0 Å². The SMILES string of the molecule is O=C(NCc1ccc(N2CCCC2)nc1)NCC1(N2CCOCC2)CCCCC1. The number of rotatable bonds is 6. The Balaban J connectivity index is 1.26. The number of morpholine rings is 1. The summed E-state index contributed by atoms with van der Waals surface area (Å²) >= 11 is 0. The third-order valence-corrected chi connectivity index (χ3v) is 6.74. The van der Waals surface area contributed by atoms with Crippen LogP contribution >= 0.6 is 0 Å². The lowest BCUT2D eigenvalue weighted by molar-refractivity contribution is -0.0357. The number of aromatic nitrogens is 1. The van der Waals surface area contributed by atoms with Crippen LogP contribution in [0.15, 0.2) is 18.3 Å². The van der Waals surface area contributed by atoms with Crippen molar-refractivity contribution in [1.29, 1.82) is 0 Å². The molecule has 3 heterocycles. The van der Waals surface area contributed by atoms with Crippen molar-refractivity contribution in [1.82, 2.24) is 20.5 Å². The summed E-state index contributed by atoms with van der Waals surface area (Å²) in [4.78, 5) is 21.9. The second kappa shape index (κ2) is 9.76. The molecule has 7 heteroatoms. The van der Waals surface area contributed by atoms with Gasteiger partial charge in [-0.05, 0) is 37.3 Å². The Hall–Kier alpha value is -1.86. The van der Waals surface area contributed by atoms with Gasteiger partial charge in [-0.15, -0.1) is 0 Å². The van der Waals surface area contributed by atoms with Crippen molar-refractivity contribution in [2.24, 2.45) is 0 Å². The van der Waals surface area contributed by atoms with E-state index in [9.17, 15) is 4.79 Å². The molecule has 0 spiro atoms. The molecule has 3 aliphatic rings. The molecule has 2 N–H and O–H groups in total. The summed E-state index contributed by atoms with van der Waals surface area (Å²) in [6.07, 6.45) is 10.5. The van der Waals surface area contributed by atoms with E-state index in [1.807, 2.05) is 6.20 Å². The predicted molar refractivity (Wildman–Crippen MR) is 114 cm³/mol. The Kier molecular flexibility index (Phi) is 6.87. The van der Waals surface area contributed by atoms with E-state index in [0.717, 1.165) is 63.6 Å². The minimum Gasteiger partial charge on any atom is -0.379 e. The monoisotopic (exact) mass is 401 g/mol. The van der Waals surface area contributed by atoms with Crippen LogP contribution in [0.2, 0.25) is 0 Å². The molecule has 7 nitrogen and oxygen atoms in total. The summed E-state index contributed by atoms with van der Waals surface area (Å²) in [6.45, 7) is 6.95. The molecule has 3 fully saturated rings. The van der Waals surface area contributed by atoms with Gasteiger partial charge >= 0.3 is 6.03 Å². The molecule has 2 saturated heterocycles. The number of hydrogen-bond donors (Lipinski definition) is 2. The number of hydrogen-bond acceptors (Lipinski definition) is 5. The first kappa shape index (κ1) is 20.4. The summed E-state index contributed by atoms with van der Waals surface area (Å²) in [5, 5.41) is 6.16. The van der Waals surface area contributed by atoms with Crippen molar-refractivity contribution in [3.05, 3.63) is 23.9 Å². The standard InChI is InChI=1S/C22H35N5O2/c28-21(24-17-19-6-7-20(23-16-19)26-10-4-5-11-26)25-18-22(8-2-1-3-9-22)27-12-14-29-15-13-27/h6-7,16H,1-5,8-15,17-18H2,(H2,24,25,28).